The van der Waals surface area contributed by atoms with Crippen molar-refractivity contribution in [2.75, 3.05) is 12.0 Å². The van der Waals surface area contributed by atoms with Crippen molar-refractivity contribution < 1.29 is 4.74 Å². The van der Waals surface area contributed by atoms with Gasteiger partial charge in [0, 0.05) is 16.5 Å². The number of fused-ring (bicyclic) bond motifs is 1. The van der Waals surface area contributed by atoms with Crippen LogP contribution < -0.4 is 10.2 Å². The molecule has 0 fully saturated rings. The molecule has 1 aliphatic heterocycles. The van der Waals surface area contributed by atoms with E-state index in [0.717, 1.165) is 33.6 Å². The van der Waals surface area contributed by atoms with Crippen LogP contribution in [-0.4, -0.2) is 21.5 Å². The summed E-state index contributed by atoms with van der Waals surface area (Å²) < 4.78 is 7.44. The van der Waals surface area contributed by atoms with Crippen molar-refractivity contribution in [3.05, 3.63) is 65.1 Å². The zero-order valence-electron chi connectivity index (χ0n) is 14.1. The zero-order chi connectivity index (χ0) is 17.2. The van der Waals surface area contributed by atoms with Crippen LogP contribution in [0.1, 0.15) is 18.1 Å². The van der Waals surface area contributed by atoms with Gasteiger partial charge in [0.25, 0.3) is 0 Å². The third-order valence-electron chi connectivity index (χ3n) is 3.93. The normalized spacial score (nSPS) is 13.0. The number of benzene rings is 2. The van der Waals surface area contributed by atoms with Gasteiger partial charge in [-0.1, -0.05) is 41.6 Å². The van der Waals surface area contributed by atoms with Gasteiger partial charge in [-0.3, -0.25) is 5.43 Å². The molecule has 126 valence electrons. The van der Waals surface area contributed by atoms with Gasteiger partial charge in [-0.05, 0) is 38.1 Å². The van der Waals surface area contributed by atoms with Crippen molar-refractivity contribution >= 4 is 17.5 Å². The van der Waals surface area contributed by atoms with E-state index in [1.807, 2.05) is 35.9 Å². The van der Waals surface area contributed by atoms with Gasteiger partial charge in [0.2, 0.25) is 5.16 Å². The fourth-order valence-electron chi connectivity index (χ4n) is 2.63. The molecule has 0 atom stereocenters. The Hall–Kier alpha value is -2.73. The Balaban J connectivity index is 1.62. The number of nitrogens with zero attached hydrogens (tertiary/aromatic N) is 3. The summed E-state index contributed by atoms with van der Waals surface area (Å²) in [6, 6.07) is 16.3. The van der Waals surface area contributed by atoms with E-state index in [1.54, 1.807) is 11.8 Å². The summed E-state index contributed by atoms with van der Waals surface area (Å²) in [5.74, 6) is 1.68. The first-order chi connectivity index (χ1) is 12.2. The van der Waals surface area contributed by atoms with Gasteiger partial charge < -0.3 is 4.74 Å². The molecule has 0 radical (unpaired) electrons. The Morgan fingerprint density at radius 1 is 1.00 bits per heavy atom. The van der Waals surface area contributed by atoms with E-state index < -0.39 is 0 Å². The summed E-state index contributed by atoms with van der Waals surface area (Å²) in [6.07, 6.45) is 0. The maximum Gasteiger partial charge on any atom is 0.214 e. The molecule has 2 heterocycles. The number of aryl methyl sites for hydroxylation is 1. The van der Waals surface area contributed by atoms with Crippen molar-refractivity contribution in [2.45, 2.75) is 19.0 Å². The van der Waals surface area contributed by atoms with E-state index >= 15 is 0 Å². The average Bonchev–Trinajstić information content (AvgIpc) is 3.06. The summed E-state index contributed by atoms with van der Waals surface area (Å²) in [7, 11) is 0. The van der Waals surface area contributed by atoms with Gasteiger partial charge >= 0.3 is 0 Å². The van der Waals surface area contributed by atoms with Crippen LogP contribution in [0.2, 0.25) is 0 Å². The topological polar surface area (TPSA) is 52.0 Å². The summed E-state index contributed by atoms with van der Waals surface area (Å²) in [4.78, 5) is 0. The molecule has 3 aromatic rings. The Kier molecular flexibility index (Phi) is 4.19. The molecule has 0 spiro atoms. The molecule has 0 bridgehead atoms. The molecular formula is C19H18N4OS. The molecule has 5 nitrogen and oxygen atoms in total. The van der Waals surface area contributed by atoms with Crippen molar-refractivity contribution in [1.82, 2.24) is 14.9 Å². The molecule has 1 aromatic heterocycles. The van der Waals surface area contributed by atoms with Crippen LogP contribution in [0.3, 0.4) is 0 Å². The molecule has 2 aromatic carbocycles. The van der Waals surface area contributed by atoms with Crippen molar-refractivity contribution in [2.24, 2.45) is 0 Å². The third-order valence-corrected chi connectivity index (χ3v) is 4.76. The van der Waals surface area contributed by atoms with Crippen LogP contribution in [0, 0.1) is 6.92 Å². The zero-order valence-corrected chi connectivity index (χ0v) is 14.9. The van der Waals surface area contributed by atoms with Crippen molar-refractivity contribution in [1.29, 1.82) is 0 Å². The monoisotopic (exact) mass is 350 g/mol. The Morgan fingerprint density at radius 2 is 1.72 bits per heavy atom. The number of aromatic nitrogens is 3. The van der Waals surface area contributed by atoms with Crippen LogP contribution >= 0.6 is 11.8 Å². The SMILES string of the molecule is CCOc1ccc(C2=CSc3nnc(-c4ccc(C)cc4)n3N2)cc1. The summed E-state index contributed by atoms with van der Waals surface area (Å²) in [6.45, 7) is 4.72. The molecule has 1 N–H and O–H groups in total. The molecule has 0 amide bonds. The molecule has 1 aliphatic rings. The predicted molar refractivity (Wildman–Crippen MR) is 101 cm³/mol. The van der Waals surface area contributed by atoms with Crippen LogP contribution in [0.5, 0.6) is 5.75 Å². The highest BCUT2D eigenvalue weighted by molar-refractivity contribution is 8.02. The first-order valence-electron chi connectivity index (χ1n) is 8.14. The van der Waals surface area contributed by atoms with E-state index in [9.17, 15) is 0 Å². The largest absolute Gasteiger partial charge is 0.494 e. The van der Waals surface area contributed by atoms with E-state index in [4.69, 9.17) is 4.74 Å². The maximum atomic E-state index is 5.51. The highest BCUT2D eigenvalue weighted by Crippen LogP contribution is 2.31. The van der Waals surface area contributed by atoms with Crippen LogP contribution in [0.4, 0.5) is 0 Å². The number of nitrogens with one attached hydrogen (secondary N) is 1. The summed E-state index contributed by atoms with van der Waals surface area (Å²) in [5.41, 5.74) is 7.77. The lowest BCUT2D eigenvalue weighted by molar-refractivity contribution is 0.340. The lowest BCUT2D eigenvalue weighted by Gasteiger charge is -2.19. The maximum absolute atomic E-state index is 5.51. The fraction of sp³-hybridized carbons (Fsp3) is 0.158. The second kappa shape index (κ2) is 6.64. The van der Waals surface area contributed by atoms with Crippen molar-refractivity contribution in [3.8, 4) is 17.1 Å². The Labute approximate surface area is 150 Å². The standard InChI is InChI=1S/C19H18N4OS/c1-3-24-16-10-8-14(9-11-16)17-12-25-19-21-20-18(23(19)22-17)15-6-4-13(2)5-7-15/h4-12,22H,3H2,1-2H3. The average molecular weight is 350 g/mol. The highest BCUT2D eigenvalue weighted by atomic mass is 32.2. The first-order valence-corrected chi connectivity index (χ1v) is 9.02. The molecule has 0 saturated carbocycles. The van der Waals surface area contributed by atoms with Crippen LogP contribution in [0.15, 0.2) is 59.1 Å². The Morgan fingerprint density at radius 3 is 2.44 bits per heavy atom. The second-order valence-corrected chi connectivity index (χ2v) is 6.56. The molecular weight excluding hydrogens is 332 g/mol. The Bertz CT molecular complexity index is 914. The molecule has 0 aliphatic carbocycles. The van der Waals surface area contributed by atoms with E-state index in [-0.39, 0.29) is 0 Å². The molecule has 0 unspecified atom stereocenters. The highest BCUT2D eigenvalue weighted by Gasteiger charge is 2.19. The number of ether oxygens (including phenoxy) is 1. The first kappa shape index (κ1) is 15.8. The van der Waals surface area contributed by atoms with Gasteiger partial charge in [0.05, 0.1) is 12.3 Å². The molecule has 25 heavy (non-hydrogen) atoms. The lowest BCUT2D eigenvalue weighted by Crippen LogP contribution is -2.18. The second-order valence-electron chi connectivity index (χ2n) is 5.73. The minimum Gasteiger partial charge on any atom is -0.494 e. The van der Waals surface area contributed by atoms with Gasteiger partial charge in [-0.25, -0.2) is 4.68 Å². The van der Waals surface area contributed by atoms with Gasteiger partial charge in [0.1, 0.15) is 5.75 Å². The fourth-order valence-corrected chi connectivity index (χ4v) is 3.36. The van der Waals surface area contributed by atoms with E-state index in [0.29, 0.717) is 6.61 Å². The number of rotatable bonds is 4. The minimum absolute atomic E-state index is 0.667. The van der Waals surface area contributed by atoms with E-state index in [2.05, 4.69) is 52.2 Å². The molecule has 4 rings (SSSR count). The van der Waals surface area contributed by atoms with Crippen LogP contribution in [0.25, 0.3) is 17.1 Å². The predicted octanol–water partition coefficient (Wildman–Crippen LogP) is 4.30. The van der Waals surface area contributed by atoms with Gasteiger partial charge in [-0.2, -0.15) is 0 Å². The van der Waals surface area contributed by atoms with Gasteiger partial charge in [-0.15, -0.1) is 10.2 Å². The number of hydrogen-bond donors (Lipinski definition) is 1. The van der Waals surface area contributed by atoms with Gasteiger partial charge in [0.15, 0.2) is 5.82 Å². The lowest BCUT2D eigenvalue weighted by atomic mass is 10.1. The van der Waals surface area contributed by atoms with Crippen LogP contribution in [-0.2, 0) is 0 Å². The van der Waals surface area contributed by atoms with Crippen molar-refractivity contribution in [3.63, 3.8) is 0 Å². The number of thioether (sulfide) groups is 1. The minimum atomic E-state index is 0.667. The summed E-state index contributed by atoms with van der Waals surface area (Å²) >= 11 is 1.56. The number of hydrogen-bond acceptors (Lipinski definition) is 5. The third kappa shape index (κ3) is 3.13. The molecule has 6 heteroatoms. The smallest absolute Gasteiger partial charge is 0.214 e. The van der Waals surface area contributed by atoms with E-state index in [1.165, 1.54) is 5.56 Å². The summed E-state index contributed by atoms with van der Waals surface area (Å²) in [5, 5.41) is 11.5. The quantitative estimate of drug-likeness (QED) is 0.760. The molecule has 0 saturated heterocycles.